The molecule has 0 bridgehead atoms. The molecule has 37 heavy (non-hydrogen) atoms. The Morgan fingerprint density at radius 3 is 2.49 bits per heavy atom. The fourth-order valence-corrected chi connectivity index (χ4v) is 6.85. The van der Waals surface area contributed by atoms with Crippen molar-refractivity contribution >= 4 is 33.3 Å². The van der Waals surface area contributed by atoms with E-state index in [0.29, 0.717) is 29.6 Å². The number of allylic oxidation sites excluding steroid dienone is 2. The van der Waals surface area contributed by atoms with Gasteiger partial charge in [-0.2, -0.15) is 4.31 Å². The highest BCUT2D eigenvalue weighted by Gasteiger charge is 2.38. The summed E-state index contributed by atoms with van der Waals surface area (Å²) in [6.45, 7) is 8.57. The quantitative estimate of drug-likeness (QED) is 0.248. The summed E-state index contributed by atoms with van der Waals surface area (Å²) < 4.78 is 28.5. The van der Waals surface area contributed by atoms with Crippen molar-refractivity contribution in [3.63, 3.8) is 0 Å². The molecule has 1 aliphatic heterocycles. The number of carbonyl (C=O) groups is 1. The van der Waals surface area contributed by atoms with Gasteiger partial charge in [0.05, 0.1) is 10.6 Å². The Morgan fingerprint density at radius 1 is 1.11 bits per heavy atom. The van der Waals surface area contributed by atoms with Crippen LogP contribution in [0.5, 0.6) is 0 Å². The smallest absolute Gasteiger partial charge is 0.243 e. The Hall–Kier alpha value is -3.15. The zero-order chi connectivity index (χ0) is 27.0. The topological polar surface area (TPSA) is 114 Å². The lowest BCUT2D eigenvalue weighted by molar-refractivity contribution is -0.112. The predicted molar refractivity (Wildman–Crippen MR) is 147 cm³/mol. The van der Waals surface area contributed by atoms with Gasteiger partial charge in [0.15, 0.2) is 11.6 Å². The van der Waals surface area contributed by atoms with Crippen LogP contribution in [-0.2, 0) is 20.2 Å². The zero-order valence-electron chi connectivity index (χ0n) is 21.7. The molecule has 0 aliphatic carbocycles. The molecule has 3 aromatic rings. The molecule has 0 unspecified atom stereocenters. The molecule has 11 heteroatoms. The third kappa shape index (κ3) is 4.90. The number of thioether (sulfide) groups is 1. The molecule has 9 nitrogen and oxygen atoms in total. The Bertz CT molecular complexity index is 1460. The summed E-state index contributed by atoms with van der Waals surface area (Å²) in [6.07, 6.45) is 1.69. The van der Waals surface area contributed by atoms with Crippen molar-refractivity contribution in [2.45, 2.75) is 43.2 Å². The van der Waals surface area contributed by atoms with Crippen LogP contribution in [0.2, 0.25) is 0 Å². The summed E-state index contributed by atoms with van der Waals surface area (Å²) in [5, 5.41) is 8.66. The van der Waals surface area contributed by atoms with Crippen LogP contribution in [0.25, 0.3) is 11.4 Å². The number of aromatic nitrogens is 3. The van der Waals surface area contributed by atoms with Crippen molar-refractivity contribution in [2.24, 2.45) is 0 Å². The third-order valence-corrected chi connectivity index (χ3v) is 9.69. The van der Waals surface area contributed by atoms with Gasteiger partial charge in [-0.1, -0.05) is 69.8 Å². The summed E-state index contributed by atoms with van der Waals surface area (Å²) in [4.78, 5) is 15.1. The lowest BCUT2D eigenvalue weighted by atomic mass is 9.83. The molecule has 0 saturated heterocycles. The minimum atomic E-state index is -3.63. The maximum atomic E-state index is 12.9. The van der Waals surface area contributed by atoms with Gasteiger partial charge >= 0.3 is 0 Å². The summed E-state index contributed by atoms with van der Waals surface area (Å²) in [7, 11) is -1.66. The number of anilines is 1. The third-order valence-electron chi connectivity index (χ3n) is 6.68. The number of hydrogen-bond donors (Lipinski definition) is 1. The number of nitrogens with zero attached hydrogens (tertiary/aromatic N) is 5. The van der Waals surface area contributed by atoms with Gasteiger partial charge in [-0.3, -0.25) is 4.79 Å². The molecule has 2 aromatic carbocycles. The van der Waals surface area contributed by atoms with Crippen LogP contribution in [-0.4, -0.2) is 59.3 Å². The Labute approximate surface area is 222 Å². The number of para-hydroxylation sites is 1. The second kappa shape index (κ2) is 10.3. The van der Waals surface area contributed by atoms with Crippen LogP contribution in [0.4, 0.5) is 5.69 Å². The first-order chi connectivity index (χ1) is 17.5. The standard InChI is InChI=1S/C26H32N6O3S2/c1-6-31(7-2)37(34,35)20-12-10-11-18(15-20)24-28-29-25(32(24)27)36-17-19(33)16-23-26(3,4)21-13-8-9-14-22(21)30(23)5/h8-16H,6-7,17,27H2,1-5H3. The number of likely N-dealkylation sites (N-methyl/N-ethyl adjacent to an activating group) is 1. The minimum absolute atomic E-state index is 0.0652. The van der Waals surface area contributed by atoms with Gasteiger partial charge in [-0.05, 0) is 23.8 Å². The summed E-state index contributed by atoms with van der Waals surface area (Å²) in [6, 6.07) is 14.6. The normalized spacial score (nSPS) is 15.9. The van der Waals surface area contributed by atoms with Crippen molar-refractivity contribution in [3.8, 4) is 11.4 Å². The van der Waals surface area contributed by atoms with Gasteiger partial charge in [-0.25, -0.2) is 13.1 Å². The molecule has 4 rings (SSSR count). The van der Waals surface area contributed by atoms with Crippen LogP contribution >= 0.6 is 11.8 Å². The average Bonchev–Trinajstić information content (AvgIpc) is 3.34. The first-order valence-corrected chi connectivity index (χ1v) is 14.5. The maximum Gasteiger partial charge on any atom is 0.243 e. The molecule has 0 atom stereocenters. The van der Waals surface area contributed by atoms with Crippen molar-refractivity contribution in [2.75, 3.05) is 36.6 Å². The molecule has 2 heterocycles. The molecule has 1 aromatic heterocycles. The monoisotopic (exact) mass is 540 g/mol. The fraction of sp³-hybridized carbons (Fsp3) is 0.346. The molecule has 196 valence electrons. The van der Waals surface area contributed by atoms with Crippen LogP contribution < -0.4 is 10.7 Å². The number of benzene rings is 2. The number of nitrogen functional groups attached to an aromatic ring is 1. The van der Waals surface area contributed by atoms with Gasteiger partial charge in [0.2, 0.25) is 15.2 Å². The number of hydrogen-bond acceptors (Lipinski definition) is 8. The number of rotatable bonds is 9. The van der Waals surface area contributed by atoms with E-state index in [-0.39, 0.29) is 21.8 Å². The molecular weight excluding hydrogens is 508 g/mol. The average molecular weight is 541 g/mol. The van der Waals surface area contributed by atoms with Gasteiger partial charge < -0.3 is 10.7 Å². The minimum Gasteiger partial charge on any atom is -0.347 e. The maximum absolute atomic E-state index is 12.9. The molecule has 0 spiro atoms. The van der Waals surface area contributed by atoms with Crippen molar-refractivity contribution in [1.82, 2.24) is 19.2 Å². The molecule has 0 amide bonds. The van der Waals surface area contributed by atoms with Crippen molar-refractivity contribution < 1.29 is 13.2 Å². The molecule has 2 N–H and O–H groups in total. The number of sulfonamides is 1. The fourth-order valence-electron chi connectivity index (χ4n) is 4.67. The predicted octanol–water partition coefficient (Wildman–Crippen LogP) is 3.66. The summed E-state index contributed by atoms with van der Waals surface area (Å²) in [5.74, 6) is 6.64. The highest BCUT2D eigenvalue weighted by molar-refractivity contribution is 7.99. The van der Waals surface area contributed by atoms with E-state index < -0.39 is 10.0 Å². The second-order valence-corrected chi connectivity index (χ2v) is 12.2. The zero-order valence-corrected chi connectivity index (χ0v) is 23.3. The van der Waals surface area contributed by atoms with Crippen LogP contribution in [0.1, 0.15) is 33.3 Å². The van der Waals surface area contributed by atoms with E-state index in [1.165, 1.54) is 26.3 Å². The number of carbonyl (C=O) groups excluding carboxylic acids is 1. The van der Waals surface area contributed by atoms with Crippen LogP contribution in [0.3, 0.4) is 0 Å². The first-order valence-electron chi connectivity index (χ1n) is 12.0. The van der Waals surface area contributed by atoms with Gasteiger partial charge in [0, 0.05) is 48.6 Å². The van der Waals surface area contributed by atoms with E-state index >= 15 is 0 Å². The Kier molecular flexibility index (Phi) is 7.50. The number of fused-ring (bicyclic) bond motifs is 1. The first kappa shape index (κ1) is 26.9. The SMILES string of the molecule is CCN(CC)S(=O)(=O)c1cccc(-c2nnc(SCC(=O)C=C3N(C)c4ccccc4C3(C)C)n2N)c1. The van der Waals surface area contributed by atoms with E-state index in [1.807, 2.05) is 19.2 Å². The van der Waals surface area contributed by atoms with Crippen molar-refractivity contribution in [1.29, 1.82) is 0 Å². The van der Waals surface area contributed by atoms with E-state index in [9.17, 15) is 13.2 Å². The second-order valence-electron chi connectivity index (χ2n) is 9.28. The lowest BCUT2D eigenvalue weighted by Crippen LogP contribution is -2.30. The summed E-state index contributed by atoms with van der Waals surface area (Å²) in [5.41, 5.74) is 3.44. The molecule has 0 saturated carbocycles. The van der Waals surface area contributed by atoms with Crippen molar-refractivity contribution in [3.05, 3.63) is 65.9 Å². The molecule has 0 fully saturated rings. The Balaban J connectivity index is 1.51. The molecule has 0 radical (unpaired) electrons. The summed E-state index contributed by atoms with van der Waals surface area (Å²) >= 11 is 1.19. The number of ketones is 1. The van der Waals surface area contributed by atoms with Gasteiger partial charge in [-0.15, -0.1) is 10.2 Å². The highest BCUT2D eigenvalue weighted by atomic mass is 32.2. The highest BCUT2D eigenvalue weighted by Crippen LogP contribution is 2.46. The number of nitrogens with two attached hydrogens (primary N) is 1. The van der Waals surface area contributed by atoms with Gasteiger partial charge in [0.25, 0.3) is 0 Å². The molecular formula is C26H32N6O3S2. The Morgan fingerprint density at radius 2 is 1.81 bits per heavy atom. The largest absolute Gasteiger partial charge is 0.347 e. The van der Waals surface area contributed by atoms with E-state index in [0.717, 1.165) is 11.4 Å². The van der Waals surface area contributed by atoms with Gasteiger partial charge in [0.1, 0.15) is 0 Å². The van der Waals surface area contributed by atoms with Crippen LogP contribution in [0, 0.1) is 0 Å². The van der Waals surface area contributed by atoms with Crippen LogP contribution in [0.15, 0.2) is 70.4 Å². The van der Waals surface area contributed by atoms with E-state index in [4.69, 9.17) is 5.84 Å². The van der Waals surface area contributed by atoms with E-state index in [1.54, 1.807) is 44.2 Å². The lowest BCUT2D eigenvalue weighted by Gasteiger charge is -2.23. The van der Waals surface area contributed by atoms with E-state index in [2.05, 4.69) is 41.1 Å². The molecule has 1 aliphatic rings.